The number of hydrogen-bond acceptors (Lipinski definition) is 6. The van der Waals surface area contributed by atoms with E-state index in [1.54, 1.807) is 48.5 Å². The minimum Gasteiger partial charge on any atom is -0.369 e. The van der Waals surface area contributed by atoms with Gasteiger partial charge in [0.2, 0.25) is 27.7 Å². The monoisotopic (exact) mass is 583 g/mol. The molecule has 3 atom stereocenters. The number of nitrogens with zero attached hydrogens (tertiary/aromatic N) is 4. The standard InChI is InChI=1S/C28H30ClN5O5S/c1-18(27(36)33-13-2-3-24(33)19-8-11-31-12-9-19)32-14-10-25(28(32)37)34(17-26(30)35)40(38,39)23-7-5-20-15-22(29)6-4-21(20)16-23/h4-9,11-12,15-16,18,24-25H,2-3,10,13-14,17H2,1H3,(H2,30,35)/t18-,24?,25+/m0/s1. The van der Waals surface area contributed by atoms with Crippen molar-refractivity contribution in [2.45, 2.75) is 49.2 Å². The molecule has 10 nitrogen and oxygen atoms in total. The SMILES string of the molecule is C[C@@H](C(=O)N1CCCC1c1ccncc1)N1CC[C@@H](N(CC(N)=O)S(=O)(=O)c2ccc3cc(Cl)ccc3c2)C1=O. The summed E-state index contributed by atoms with van der Waals surface area (Å²) in [5, 5.41) is 1.90. The van der Waals surface area contributed by atoms with Crippen molar-refractivity contribution in [1.29, 1.82) is 0 Å². The summed E-state index contributed by atoms with van der Waals surface area (Å²) in [6, 6.07) is 11.3. The van der Waals surface area contributed by atoms with E-state index in [1.807, 2.05) is 12.1 Å². The minimum absolute atomic E-state index is 0.0730. The molecule has 12 heteroatoms. The molecule has 2 aromatic carbocycles. The molecule has 0 aliphatic carbocycles. The summed E-state index contributed by atoms with van der Waals surface area (Å²) < 4.78 is 28.4. The maximum absolute atomic E-state index is 13.8. The zero-order valence-corrected chi connectivity index (χ0v) is 23.5. The Labute approximate surface area is 237 Å². The lowest BCUT2D eigenvalue weighted by Gasteiger charge is -2.32. The summed E-state index contributed by atoms with van der Waals surface area (Å²) in [5.74, 6) is -1.62. The normalized spacial score (nSPS) is 20.4. The topological polar surface area (TPSA) is 134 Å². The highest BCUT2D eigenvalue weighted by molar-refractivity contribution is 7.89. The number of carbonyl (C=O) groups excluding carboxylic acids is 3. The number of fused-ring (bicyclic) bond motifs is 1. The summed E-state index contributed by atoms with van der Waals surface area (Å²) in [7, 11) is -4.29. The van der Waals surface area contributed by atoms with Crippen molar-refractivity contribution >= 4 is 50.1 Å². The Morgan fingerprint density at radius 3 is 2.50 bits per heavy atom. The molecule has 3 aromatic rings. The van der Waals surface area contributed by atoms with Crippen molar-refractivity contribution < 1.29 is 22.8 Å². The first-order valence-corrected chi connectivity index (χ1v) is 14.9. The Bertz CT molecular complexity index is 1570. The van der Waals surface area contributed by atoms with E-state index in [4.69, 9.17) is 17.3 Å². The molecule has 1 aromatic heterocycles. The molecule has 2 aliphatic rings. The highest BCUT2D eigenvalue weighted by atomic mass is 35.5. The second-order valence-electron chi connectivity index (χ2n) is 10.2. The van der Waals surface area contributed by atoms with Gasteiger partial charge in [-0.15, -0.1) is 0 Å². The molecule has 2 aliphatic heterocycles. The van der Waals surface area contributed by atoms with Crippen molar-refractivity contribution in [3.63, 3.8) is 0 Å². The number of carbonyl (C=O) groups is 3. The van der Waals surface area contributed by atoms with Gasteiger partial charge in [-0.3, -0.25) is 19.4 Å². The van der Waals surface area contributed by atoms with Crippen LogP contribution >= 0.6 is 11.6 Å². The van der Waals surface area contributed by atoms with Gasteiger partial charge in [-0.2, -0.15) is 4.31 Å². The van der Waals surface area contributed by atoms with Gasteiger partial charge in [0.05, 0.1) is 17.5 Å². The van der Waals surface area contributed by atoms with Crippen LogP contribution in [0.1, 0.15) is 37.8 Å². The number of rotatable bonds is 8. The van der Waals surface area contributed by atoms with Crippen LogP contribution in [0, 0.1) is 0 Å². The second kappa shape index (κ2) is 11.1. The average molecular weight is 584 g/mol. The van der Waals surface area contributed by atoms with E-state index in [2.05, 4.69) is 4.98 Å². The number of pyridine rings is 1. The molecular weight excluding hydrogens is 554 g/mol. The third-order valence-corrected chi connectivity index (χ3v) is 9.79. The Kier molecular flexibility index (Phi) is 7.80. The third-order valence-electron chi connectivity index (χ3n) is 7.70. The van der Waals surface area contributed by atoms with Gasteiger partial charge in [0.15, 0.2) is 0 Å². The fourth-order valence-electron chi connectivity index (χ4n) is 5.68. The average Bonchev–Trinajstić information content (AvgIpc) is 3.58. The predicted molar refractivity (Wildman–Crippen MR) is 150 cm³/mol. The summed E-state index contributed by atoms with van der Waals surface area (Å²) in [6.07, 6.45) is 5.14. The van der Waals surface area contributed by atoms with Crippen LogP contribution in [0.15, 0.2) is 65.8 Å². The number of aromatic nitrogens is 1. The van der Waals surface area contributed by atoms with Crippen LogP contribution in [0.5, 0.6) is 0 Å². The van der Waals surface area contributed by atoms with Gasteiger partial charge in [-0.1, -0.05) is 23.7 Å². The van der Waals surface area contributed by atoms with E-state index in [9.17, 15) is 22.8 Å². The largest absolute Gasteiger partial charge is 0.369 e. The van der Waals surface area contributed by atoms with Gasteiger partial charge >= 0.3 is 0 Å². The summed E-state index contributed by atoms with van der Waals surface area (Å²) in [6.45, 7) is 1.73. The van der Waals surface area contributed by atoms with Gasteiger partial charge in [-0.25, -0.2) is 8.42 Å². The molecule has 3 heterocycles. The van der Waals surface area contributed by atoms with Gasteiger partial charge < -0.3 is 15.5 Å². The quantitative estimate of drug-likeness (QED) is 0.433. The first-order chi connectivity index (χ1) is 19.1. The first kappa shape index (κ1) is 28.0. The van der Waals surface area contributed by atoms with Crippen molar-refractivity contribution in [2.75, 3.05) is 19.6 Å². The number of benzene rings is 2. The van der Waals surface area contributed by atoms with Crippen LogP contribution in [0.4, 0.5) is 0 Å². The van der Waals surface area contributed by atoms with Crippen molar-refractivity contribution in [3.05, 3.63) is 71.5 Å². The van der Waals surface area contributed by atoms with Crippen LogP contribution in [-0.4, -0.2) is 76.9 Å². The number of likely N-dealkylation sites (tertiary alicyclic amines) is 2. The van der Waals surface area contributed by atoms with Crippen LogP contribution < -0.4 is 5.73 Å². The number of primary amides is 1. The van der Waals surface area contributed by atoms with Crippen molar-refractivity contribution in [1.82, 2.24) is 19.1 Å². The smallest absolute Gasteiger partial charge is 0.245 e. The van der Waals surface area contributed by atoms with Crippen LogP contribution in [0.25, 0.3) is 10.8 Å². The molecule has 0 saturated carbocycles. The lowest BCUT2D eigenvalue weighted by Crippen LogP contribution is -2.52. The van der Waals surface area contributed by atoms with Crippen LogP contribution in [0.2, 0.25) is 5.02 Å². The summed E-state index contributed by atoms with van der Waals surface area (Å²) >= 11 is 6.05. The zero-order valence-electron chi connectivity index (χ0n) is 21.9. The van der Waals surface area contributed by atoms with E-state index in [-0.39, 0.29) is 29.8 Å². The molecule has 5 rings (SSSR count). The molecule has 0 bridgehead atoms. The third kappa shape index (κ3) is 5.28. The maximum Gasteiger partial charge on any atom is 0.245 e. The number of halogens is 1. The van der Waals surface area contributed by atoms with E-state index in [1.165, 1.54) is 17.0 Å². The number of sulfonamides is 1. The van der Waals surface area contributed by atoms with Gasteiger partial charge in [0.1, 0.15) is 12.1 Å². The zero-order chi connectivity index (χ0) is 28.6. The van der Waals surface area contributed by atoms with Gasteiger partial charge in [-0.05, 0) is 78.9 Å². The van der Waals surface area contributed by atoms with Gasteiger partial charge in [0.25, 0.3) is 0 Å². The number of nitrogens with two attached hydrogens (primary N) is 1. The van der Waals surface area contributed by atoms with Crippen molar-refractivity contribution in [3.8, 4) is 0 Å². The Balaban J connectivity index is 1.39. The fraction of sp³-hybridized carbons (Fsp3) is 0.357. The fourth-order valence-corrected chi connectivity index (χ4v) is 7.48. The highest BCUT2D eigenvalue weighted by Gasteiger charge is 2.46. The maximum atomic E-state index is 13.8. The lowest BCUT2D eigenvalue weighted by molar-refractivity contribution is -0.144. The number of amides is 3. The van der Waals surface area contributed by atoms with E-state index < -0.39 is 40.5 Å². The van der Waals surface area contributed by atoms with Crippen LogP contribution in [0.3, 0.4) is 0 Å². The van der Waals surface area contributed by atoms with Gasteiger partial charge in [0, 0.05) is 30.5 Å². The Morgan fingerprint density at radius 2 is 1.77 bits per heavy atom. The molecular formula is C28H30ClN5O5S. The highest BCUT2D eigenvalue weighted by Crippen LogP contribution is 2.34. The molecule has 1 unspecified atom stereocenters. The molecule has 0 spiro atoms. The minimum atomic E-state index is -4.29. The molecule has 0 radical (unpaired) electrons. The molecule has 40 heavy (non-hydrogen) atoms. The molecule has 210 valence electrons. The molecule has 2 fully saturated rings. The molecule has 3 amide bonds. The molecule has 2 N–H and O–H groups in total. The number of hydrogen-bond donors (Lipinski definition) is 1. The first-order valence-electron chi connectivity index (χ1n) is 13.1. The lowest BCUT2D eigenvalue weighted by atomic mass is 10.1. The Hall–Kier alpha value is -3.54. The van der Waals surface area contributed by atoms with E-state index in [0.29, 0.717) is 17.0 Å². The molecule has 2 saturated heterocycles. The second-order valence-corrected chi connectivity index (χ2v) is 12.5. The van der Waals surface area contributed by atoms with Crippen LogP contribution in [-0.2, 0) is 24.4 Å². The van der Waals surface area contributed by atoms with E-state index in [0.717, 1.165) is 28.1 Å². The van der Waals surface area contributed by atoms with E-state index >= 15 is 0 Å². The van der Waals surface area contributed by atoms with Crippen molar-refractivity contribution in [2.24, 2.45) is 5.73 Å². The predicted octanol–water partition coefficient (Wildman–Crippen LogP) is 2.72. The summed E-state index contributed by atoms with van der Waals surface area (Å²) in [4.78, 5) is 46.4. The Morgan fingerprint density at radius 1 is 1.07 bits per heavy atom. The summed E-state index contributed by atoms with van der Waals surface area (Å²) in [5.41, 5.74) is 6.42.